The predicted octanol–water partition coefficient (Wildman–Crippen LogP) is 2.82. The monoisotopic (exact) mass is 338 g/mol. The van der Waals surface area contributed by atoms with Crippen LogP contribution in [0.5, 0.6) is 0 Å². The fraction of sp³-hybridized carbons (Fsp3) is 0.188. The fourth-order valence-corrected chi connectivity index (χ4v) is 1.86. The largest absolute Gasteiger partial charge is 0.464 e. The normalized spacial score (nSPS) is 11.0. The molecule has 0 saturated carbocycles. The molecule has 24 heavy (non-hydrogen) atoms. The first-order valence-corrected chi connectivity index (χ1v) is 6.81. The van der Waals surface area contributed by atoms with Crippen molar-refractivity contribution in [2.24, 2.45) is 0 Å². The van der Waals surface area contributed by atoms with Crippen molar-refractivity contribution in [3.63, 3.8) is 0 Å². The van der Waals surface area contributed by atoms with E-state index in [2.05, 4.69) is 15.0 Å². The van der Waals surface area contributed by atoms with Crippen molar-refractivity contribution in [2.75, 3.05) is 7.11 Å². The number of rotatable bonds is 4. The van der Waals surface area contributed by atoms with E-state index >= 15 is 0 Å². The number of hydrogen-bond donors (Lipinski definition) is 1. The molecule has 0 saturated heterocycles. The van der Waals surface area contributed by atoms with E-state index in [0.29, 0.717) is 5.56 Å². The van der Waals surface area contributed by atoms with E-state index in [4.69, 9.17) is 0 Å². The molecule has 0 aliphatic carbocycles. The standard InChI is InChI=1S/C16H13F3N2O3/c1-24-15(23)13-4-2-3-12(21-13)14(22)20-9-10-5-7-11(8-6-10)16(17,18)19/h2-8H,9H2,1H3,(H,20,22). The Balaban J connectivity index is 2.02. The first kappa shape index (κ1) is 17.5. The van der Waals surface area contributed by atoms with Gasteiger partial charge >= 0.3 is 12.1 Å². The maximum Gasteiger partial charge on any atom is 0.416 e. The molecule has 1 N–H and O–H groups in total. The number of carbonyl (C=O) groups is 2. The second kappa shape index (κ2) is 7.12. The molecule has 2 aromatic rings. The molecule has 8 heteroatoms. The van der Waals surface area contributed by atoms with Crippen LogP contribution in [0.2, 0.25) is 0 Å². The number of methoxy groups -OCH3 is 1. The van der Waals surface area contributed by atoms with E-state index in [-0.39, 0.29) is 17.9 Å². The third-order valence-electron chi connectivity index (χ3n) is 3.11. The highest BCUT2D eigenvalue weighted by molar-refractivity contribution is 5.94. The number of aromatic nitrogens is 1. The van der Waals surface area contributed by atoms with Crippen LogP contribution in [-0.4, -0.2) is 24.0 Å². The average Bonchev–Trinajstić information content (AvgIpc) is 2.58. The average molecular weight is 338 g/mol. The summed E-state index contributed by atoms with van der Waals surface area (Å²) in [4.78, 5) is 27.2. The lowest BCUT2D eigenvalue weighted by atomic mass is 10.1. The number of halogens is 3. The minimum atomic E-state index is -4.40. The number of esters is 1. The first-order chi connectivity index (χ1) is 11.3. The van der Waals surface area contributed by atoms with Crippen molar-refractivity contribution in [3.8, 4) is 0 Å². The lowest BCUT2D eigenvalue weighted by Gasteiger charge is -2.09. The minimum Gasteiger partial charge on any atom is -0.464 e. The Labute approximate surface area is 135 Å². The summed E-state index contributed by atoms with van der Waals surface area (Å²) in [6.45, 7) is 0.0289. The van der Waals surface area contributed by atoms with E-state index in [1.807, 2.05) is 0 Å². The van der Waals surface area contributed by atoms with Crippen molar-refractivity contribution in [1.29, 1.82) is 0 Å². The van der Waals surface area contributed by atoms with Gasteiger partial charge in [0.2, 0.25) is 0 Å². The number of carbonyl (C=O) groups excluding carboxylic acids is 2. The van der Waals surface area contributed by atoms with Gasteiger partial charge in [-0.2, -0.15) is 13.2 Å². The summed E-state index contributed by atoms with van der Waals surface area (Å²) in [5.41, 5.74) is -0.269. The number of nitrogens with zero attached hydrogens (tertiary/aromatic N) is 1. The third kappa shape index (κ3) is 4.31. The summed E-state index contributed by atoms with van der Waals surface area (Å²) >= 11 is 0. The molecule has 5 nitrogen and oxygen atoms in total. The Hall–Kier alpha value is -2.90. The Morgan fingerprint density at radius 3 is 2.29 bits per heavy atom. The summed E-state index contributed by atoms with van der Waals surface area (Å²) in [6.07, 6.45) is -4.40. The smallest absolute Gasteiger partial charge is 0.416 e. The lowest BCUT2D eigenvalue weighted by Crippen LogP contribution is -2.24. The second-order valence-corrected chi connectivity index (χ2v) is 4.78. The molecule has 1 heterocycles. The van der Waals surface area contributed by atoms with Gasteiger partial charge in [0.1, 0.15) is 11.4 Å². The van der Waals surface area contributed by atoms with Crippen LogP contribution in [0.1, 0.15) is 32.1 Å². The second-order valence-electron chi connectivity index (χ2n) is 4.78. The highest BCUT2D eigenvalue weighted by Crippen LogP contribution is 2.29. The van der Waals surface area contributed by atoms with Gasteiger partial charge in [-0.25, -0.2) is 9.78 Å². The Kier molecular flexibility index (Phi) is 5.18. The zero-order valence-corrected chi connectivity index (χ0v) is 12.6. The van der Waals surface area contributed by atoms with Gasteiger partial charge in [-0.1, -0.05) is 18.2 Å². The number of alkyl halides is 3. The van der Waals surface area contributed by atoms with Crippen LogP contribution >= 0.6 is 0 Å². The van der Waals surface area contributed by atoms with Crippen molar-refractivity contribution in [3.05, 3.63) is 65.0 Å². The minimum absolute atomic E-state index is 0.00446. The van der Waals surface area contributed by atoms with E-state index in [9.17, 15) is 22.8 Å². The summed E-state index contributed by atoms with van der Waals surface area (Å²) in [5.74, 6) is -1.23. The first-order valence-electron chi connectivity index (χ1n) is 6.81. The lowest BCUT2D eigenvalue weighted by molar-refractivity contribution is -0.137. The van der Waals surface area contributed by atoms with Gasteiger partial charge in [0.05, 0.1) is 12.7 Å². The molecule has 0 atom stereocenters. The molecule has 0 radical (unpaired) electrons. The number of pyridine rings is 1. The summed E-state index contributed by atoms with van der Waals surface area (Å²) in [5, 5.41) is 2.52. The third-order valence-corrected chi connectivity index (χ3v) is 3.11. The summed E-state index contributed by atoms with van der Waals surface area (Å²) in [6, 6.07) is 8.73. The molecule has 126 valence electrons. The SMILES string of the molecule is COC(=O)c1cccc(C(=O)NCc2ccc(C(F)(F)F)cc2)n1. The molecule has 0 fully saturated rings. The van der Waals surface area contributed by atoms with E-state index in [1.165, 1.54) is 37.4 Å². The maximum absolute atomic E-state index is 12.5. The summed E-state index contributed by atoms with van der Waals surface area (Å²) in [7, 11) is 1.20. The maximum atomic E-state index is 12.5. The molecule has 1 amide bonds. The molecular formula is C16H13F3N2O3. The predicted molar refractivity (Wildman–Crippen MR) is 78.2 cm³/mol. The number of nitrogens with one attached hydrogen (secondary N) is 1. The van der Waals surface area contributed by atoms with E-state index in [1.54, 1.807) is 0 Å². The van der Waals surface area contributed by atoms with Crippen molar-refractivity contribution in [1.82, 2.24) is 10.3 Å². The van der Waals surface area contributed by atoms with Crippen LogP contribution in [0.3, 0.4) is 0 Å². The molecule has 0 aliphatic heterocycles. The van der Waals surface area contributed by atoms with Gasteiger partial charge in [0.25, 0.3) is 5.91 Å². The number of hydrogen-bond acceptors (Lipinski definition) is 4. The van der Waals surface area contributed by atoms with Gasteiger partial charge in [0.15, 0.2) is 0 Å². The van der Waals surface area contributed by atoms with Gasteiger partial charge < -0.3 is 10.1 Å². The molecular weight excluding hydrogens is 325 g/mol. The molecule has 0 unspecified atom stereocenters. The molecule has 1 aromatic heterocycles. The van der Waals surface area contributed by atoms with Crippen LogP contribution in [0.15, 0.2) is 42.5 Å². The van der Waals surface area contributed by atoms with E-state index < -0.39 is 23.6 Å². The van der Waals surface area contributed by atoms with Gasteiger partial charge in [0, 0.05) is 6.54 Å². The quantitative estimate of drug-likeness (QED) is 0.871. The van der Waals surface area contributed by atoms with Gasteiger partial charge in [-0.3, -0.25) is 4.79 Å². The van der Waals surface area contributed by atoms with Crippen LogP contribution in [0.4, 0.5) is 13.2 Å². The van der Waals surface area contributed by atoms with Gasteiger partial charge in [-0.15, -0.1) is 0 Å². The van der Waals surface area contributed by atoms with Crippen LogP contribution < -0.4 is 5.32 Å². The van der Waals surface area contributed by atoms with E-state index in [0.717, 1.165) is 12.1 Å². The fourth-order valence-electron chi connectivity index (χ4n) is 1.86. The Morgan fingerprint density at radius 1 is 1.08 bits per heavy atom. The molecule has 2 rings (SSSR count). The van der Waals surface area contributed by atoms with Crippen molar-refractivity contribution in [2.45, 2.75) is 12.7 Å². The number of ether oxygens (including phenoxy) is 1. The summed E-state index contributed by atoms with van der Waals surface area (Å²) < 4.78 is 41.9. The zero-order chi connectivity index (χ0) is 17.7. The van der Waals surface area contributed by atoms with Crippen LogP contribution in [-0.2, 0) is 17.5 Å². The number of benzene rings is 1. The van der Waals surface area contributed by atoms with Crippen molar-refractivity contribution < 1.29 is 27.5 Å². The molecule has 0 bridgehead atoms. The van der Waals surface area contributed by atoms with Crippen molar-refractivity contribution >= 4 is 11.9 Å². The molecule has 0 aliphatic rings. The van der Waals surface area contributed by atoms with Crippen LogP contribution in [0, 0.1) is 0 Å². The van der Waals surface area contributed by atoms with Crippen LogP contribution in [0.25, 0.3) is 0 Å². The van der Waals surface area contributed by atoms with Gasteiger partial charge in [-0.05, 0) is 29.8 Å². The number of amides is 1. The zero-order valence-electron chi connectivity index (χ0n) is 12.6. The Morgan fingerprint density at radius 2 is 1.71 bits per heavy atom. The molecule has 0 spiro atoms. The highest BCUT2D eigenvalue weighted by atomic mass is 19.4. The highest BCUT2D eigenvalue weighted by Gasteiger charge is 2.29. The Bertz CT molecular complexity index is 743. The molecule has 1 aromatic carbocycles. The topological polar surface area (TPSA) is 68.3 Å².